The summed E-state index contributed by atoms with van der Waals surface area (Å²) in [5.74, 6) is 1.00. The summed E-state index contributed by atoms with van der Waals surface area (Å²) in [7, 11) is 1.85. The van der Waals surface area contributed by atoms with E-state index < -0.39 is 5.54 Å². The molecule has 1 aromatic rings. The van der Waals surface area contributed by atoms with Crippen LogP contribution in [0.25, 0.3) is 0 Å². The van der Waals surface area contributed by atoms with E-state index in [1.807, 2.05) is 24.1 Å². The fourth-order valence-corrected chi connectivity index (χ4v) is 2.18. The highest BCUT2D eigenvalue weighted by Crippen LogP contribution is 2.39. The van der Waals surface area contributed by atoms with Crippen LogP contribution in [-0.4, -0.2) is 29.9 Å². The molecule has 1 aliphatic rings. The molecular weight excluding hydrogens is 242 g/mol. The quantitative estimate of drug-likeness (QED) is 0.843. The fraction of sp³-hybridized carbons (Fsp3) is 0.571. The molecule has 0 aromatic carbocycles. The molecule has 1 saturated carbocycles. The summed E-state index contributed by atoms with van der Waals surface area (Å²) in [6, 6.07) is 5.92. The second-order valence-electron chi connectivity index (χ2n) is 5.39. The number of carbonyl (C=O) groups excluding carboxylic acids is 1. The molecule has 0 spiro atoms. The normalized spacial score (nSPS) is 17.8. The Morgan fingerprint density at radius 2 is 2.42 bits per heavy atom. The number of nitriles is 1. The summed E-state index contributed by atoms with van der Waals surface area (Å²) in [4.78, 5) is 13.8. The van der Waals surface area contributed by atoms with E-state index in [4.69, 9.17) is 4.42 Å². The average molecular weight is 261 g/mol. The third-order valence-electron chi connectivity index (χ3n) is 3.44. The molecule has 0 bridgehead atoms. The van der Waals surface area contributed by atoms with Crippen LogP contribution in [-0.2, 0) is 11.3 Å². The highest BCUT2D eigenvalue weighted by atomic mass is 16.3. The molecule has 0 radical (unpaired) electrons. The molecule has 1 atom stereocenters. The van der Waals surface area contributed by atoms with Crippen molar-refractivity contribution in [3.8, 4) is 6.07 Å². The van der Waals surface area contributed by atoms with Gasteiger partial charge >= 0.3 is 0 Å². The number of carbonyl (C=O) groups is 1. The number of likely N-dealkylation sites (N-methyl/N-ethyl adjacent to an activating group) is 1. The zero-order valence-corrected chi connectivity index (χ0v) is 11.3. The van der Waals surface area contributed by atoms with Crippen LogP contribution in [0, 0.1) is 17.2 Å². The molecule has 0 aliphatic heterocycles. The summed E-state index contributed by atoms with van der Waals surface area (Å²) >= 11 is 0. The molecule has 1 heterocycles. The zero-order chi connectivity index (χ0) is 13.9. The number of hydrogen-bond acceptors (Lipinski definition) is 4. The zero-order valence-electron chi connectivity index (χ0n) is 11.3. The Hall–Kier alpha value is -1.80. The summed E-state index contributed by atoms with van der Waals surface area (Å²) in [6.45, 7) is 2.63. The van der Waals surface area contributed by atoms with Gasteiger partial charge in [0.1, 0.15) is 11.3 Å². The Balaban J connectivity index is 1.82. The molecule has 0 unspecified atom stereocenters. The first-order valence-electron chi connectivity index (χ1n) is 6.46. The topological polar surface area (TPSA) is 69.3 Å². The van der Waals surface area contributed by atoms with Crippen LogP contribution in [0.2, 0.25) is 0 Å². The van der Waals surface area contributed by atoms with Gasteiger partial charge in [0, 0.05) is 0 Å². The van der Waals surface area contributed by atoms with Crippen molar-refractivity contribution in [1.29, 1.82) is 5.26 Å². The van der Waals surface area contributed by atoms with E-state index in [1.165, 1.54) is 0 Å². The number of rotatable bonds is 6. The van der Waals surface area contributed by atoms with Crippen LogP contribution in [0.4, 0.5) is 0 Å². The van der Waals surface area contributed by atoms with Crippen LogP contribution in [0.1, 0.15) is 25.5 Å². The number of nitrogens with one attached hydrogen (secondary N) is 1. The summed E-state index contributed by atoms with van der Waals surface area (Å²) < 4.78 is 5.23. The lowest BCUT2D eigenvalue weighted by Gasteiger charge is -2.24. The number of hydrogen-bond donors (Lipinski definition) is 1. The van der Waals surface area contributed by atoms with Gasteiger partial charge in [0.15, 0.2) is 0 Å². The van der Waals surface area contributed by atoms with Crippen molar-refractivity contribution in [2.75, 3.05) is 13.6 Å². The van der Waals surface area contributed by atoms with Gasteiger partial charge in [-0.3, -0.25) is 9.69 Å². The first-order chi connectivity index (χ1) is 9.03. The number of furan rings is 1. The van der Waals surface area contributed by atoms with Crippen LogP contribution in [0.15, 0.2) is 22.8 Å². The Morgan fingerprint density at radius 3 is 2.95 bits per heavy atom. The predicted octanol–water partition coefficient (Wildman–Crippen LogP) is 1.52. The van der Waals surface area contributed by atoms with E-state index in [-0.39, 0.29) is 12.5 Å². The average Bonchev–Trinajstić information content (AvgIpc) is 3.10. The highest BCUT2D eigenvalue weighted by Gasteiger charge is 2.42. The van der Waals surface area contributed by atoms with E-state index in [1.54, 1.807) is 13.2 Å². The van der Waals surface area contributed by atoms with Gasteiger partial charge < -0.3 is 9.73 Å². The first kappa shape index (κ1) is 13.6. The van der Waals surface area contributed by atoms with Gasteiger partial charge in [-0.15, -0.1) is 0 Å². The van der Waals surface area contributed by atoms with Crippen molar-refractivity contribution in [3.63, 3.8) is 0 Å². The molecule has 0 saturated heterocycles. The Morgan fingerprint density at radius 1 is 1.68 bits per heavy atom. The third kappa shape index (κ3) is 3.58. The lowest BCUT2D eigenvalue weighted by atomic mass is 9.98. The van der Waals surface area contributed by atoms with E-state index >= 15 is 0 Å². The maximum absolute atomic E-state index is 12.0. The largest absolute Gasteiger partial charge is 0.468 e. The summed E-state index contributed by atoms with van der Waals surface area (Å²) in [5.41, 5.74) is -0.720. The molecule has 102 valence electrons. The van der Waals surface area contributed by atoms with Gasteiger partial charge in [-0.1, -0.05) is 0 Å². The molecular formula is C14H19N3O2. The Labute approximate surface area is 113 Å². The monoisotopic (exact) mass is 261 g/mol. The fourth-order valence-electron chi connectivity index (χ4n) is 2.18. The Bertz CT molecular complexity index is 473. The maximum atomic E-state index is 12.0. The lowest BCUT2D eigenvalue weighted by Crippen LogP contribution is -2.49. The van der Waals surface area contributed by atoms with Crippen LogP contribution >= 0.6 is 0 Å². The first-order valence-corrected chi connectivity index (χ1v) is 6.46. The SMILES string of the molecule is CN(CC(=O)N[C@@](C)(C#N)C1CC1)Cc1ccco1. The van der Waals surface area contributed by atoms with E-state index in [9.17, 15) is 10.1 Å². The standard InChI is InChI=1S/C14H19N3O2/c1-14(10-15,11-5-6-11)16-13(18)9-17(2)8-12-4-3-7-19-12/h3-4,7,11H,5-6,8-9H2,1-2H3,(H,16,18)/t14-/m0/s1. The van der Waals surface area contributed by atoms with Crippen molar-refractivity contribution in [3.05, 3.63) is 24.2 Å². The van der Waals surface area contributed by atoms with Crippen molar-refractivity contribution in [2.24, 2.45) is 5.92 Å². The molecule has 2 rings (SSSR count). The molecule has 5 nitrogen and oxygen atoms in total. The van der Waals surface area contributed by atoms with E-state index in [2.05, 4.69) is 11.4 Å². The van der Waals surface area contributed by atoms with Crippen LogP contribution in [0.5, 0.6) is 0 Å². The second kappa shape index (κ2) is 5.45. The van der Waals surface area contributed by atoms with Crippen molar-refractivity contribution < 1.29 is 9.21 Å². The van der Waals surface area contributed by atoms with Gasteiger partial charge in [0.2, 0.25) is 5.91 Å². The number of nitrogens with zero attached hydrogens (tertiary/aromatic N) is 2. The smallest absolute Gasteiger partial charge is 0.235 e. The van der Waals surface area contributed by atoms with Crippen molar-refractivity contribution >= 4 is 5.91 Å². The molecule has 1 amide bonds. The third-order valence-corrected chi connectivity index (χ3v) is 3.44. The molecule has 1 aromatic heterocycles. The molecule has 19 heavy (non-hydrogen) atoms. The van der Waals surface area contributed by atoms with Crippen molar-refractivity contribution in [1.82, 2.24) is 10.2 Å². The maximum Gasteiger partial charge on any atom is 0.235 e. The molecule has 1 aliphatic carbocycles. The summed E-state index contributed by atoms with van der Waals surface area (Å²) in [6.07, 6.45) is 3.65. The van der Waals surface area contributed by atoms with Gasteiger partial charge in [-0.05, 0) is 44.9 Å². The Kier molecular flexibility index (Phi) is 3.91. The van der Waals surface area contributed by atoms with Gasteiger partial charge in [-0.25, -0.2) is 0 Å². The van der Waals surface area contributed by atoms with Gasteiger partial charge in [0.05, 0.1) is 25.4 Å². The molecule has 1 N–H and O–H groups in total. The van der Waals surface area contributed by atoms with Gasteiger partial charge in [-0.2, -0.15) is 5.26 Å². The second-order valence-corrected chi connectivity index (χ2v) is 5.39. The molecule has 5 heteroatoms. The minimum Gasteiger partial charge on any atom is -0.468 e. The van der Waals surface area contributed by atoms with E-state index in [0.717, 1.165) is 18.6 Å². The highest BCUT2D eigenvalue weighted by molar-refractivity contribution is 5.79. The van der Waals surface area contributed by atoms with Crippen LogP contribution < -0.4 is 5.32 Å². The van der Waals surface area contributed by atoms with E-state index in [0.29, 0.717) is 12.5 Å². The summed E-state index contributed by atoms with van der Waals surface area (Å²) in [5, 5.41) is 12.0. The number of amides is 1. The van der Waals surface area contributed by atoms with Gasteiger partial charge in [0.25, 0.3) is 0 Å². The lowest BCUT2D eigenvalue weighted by molar-refractivity contribution is -0.123. The minimum atomic E-state index is -0.720. The van der Waals surface area contributed by atoms with Crippen LogP contribution in [0.3, 0.4) is 0 Å². The molecule has 1 fully saturated rings. The predicted molar refractivity (Wildman–Crippen MR) is 69.9 cm³/mol. The minimum absolute atomic E-state index is 0.120. The van der Waals surface area contributed by atoms with Crippen molar-refractivity contribution in [2.45, 2.75) is 31.8 Å².